The van der Waals surface area contributed by atoms with Crippen LogP contribution in [0.15, 0.2) is 24.3 Å². The van der Waals surface area contributed by atoms with Crippen molar-refractivity contribution in [2.45, 2.75) is 46.3 Å². The highest BCUT2D eigenvalue weighted by molar-refractivity contribution is 5.26. The Labute approximate surface area is 112 Å². The average molecular weight is 249 g/mol. The molecular formula is C16H27NO. The number of nitrogens with one attached hydrogen (secondary N) is 1. The maximum Gasteiger partial charge on any atom is 0.0750 e. The summed E-state index contributed by atoms with van der Waals surface area (Å²) >= 11 is 0. The second-order valence-corrected chi connectivity index (χ2v) is 5.24. The predicted octanol–water partition coefficient (Wildman–Crippen LogP) is 3.19. The third kappa shape index (κ3) is 4.11. The van der Waals surface area contributed by atoms with Crippen LogP contribution in [0.1, 0.15) is 31.9 Å². The van der Waals surface area contributed by atoms with Crippen molar-refractivity contribution in [1.29, 1.82) is 0 Å². The standard InChI is InChI=1S/C16H27NO/c1-6-17-15(16(18-5)12(2)3)11-14-10-8-7-9-13(14)4/h7-10,12,15-17H,6,11H2,1-5H3. The summed E-state index contributed by atoms with van der Waals surface area (Å²) in [5.74, 6) is 0.517. The first kappa shape index (κ1) is 15.2. The summed E-state index contributed by atoms with van der Waals surface area (Å²) < 4.78 is 5.68. The van der Waals surface area contributed by atoms with Crippen molar-refractivity contribution in [3.63, 3.8) is 0 Å². The fourth-order valence-electron chi connectivity index (χ4n) is 2.54. The molecule has 0 aromatic heterocycles. The Morgan fingerprint density at radius 2 is 1.89 bits per heavy atom. The summed E-state index contributed by atoms with van der Waals surface area (Å²) in [6.07, 6.45) is 1.28. The molecule has 0 saturated carbocycles. The minimum Gasteiger partial charge on any atom is -0.380 e. The Bertz CT molecular complexity index is 349. The first-order valence-electron chi connectivity index (χ1n) is 6.90. The van der Waals surface area contributed by atoms with Gasteiger partial charge < -0.3 is 10.1 Å². The number of hydrogen-bond acceptors (Lipinski definition) is 2. The number of rotatable bonds is 7. The molecule has 0 fully saturated rings. The zero-order valence-electron chi connectivity index (χ0n) is 12.4. The molecule has 2 heteroatoms. The van der Waals surface area contributed by atoms with Crippen LogP contribution in [0, 0.1) is 12.8 Å². The molecule has 0 bridgehead atoms. The summed E-state index contributed by atoms with van der Waals surface area (Å²) in [7, 11) is 1.81. The maximum atomic E-state index is 5.68. The van der Waals surface area contributed by atoms with E-state index in [9.17, 15) is 0 Å². The van der Waals surface area contributed by atoms with Gasteiger partial charge in [0.05, 0.1) is 6.10 Å². The van der Waals surface area contributed by atoms with Gasteiger partial charge in [-0.2, -0.15) is 0 Å². The van der Waals surface area contributed by atoms with Crippen LogP contribution in [0.2, 0.25) is 0 Å². The number of benzene rings is 1. The third-order valence-electron chi connectivity index (χ3n) is 3.49. The van der Waals surface area contributed by atoms with Gasteiger partial charge in [0.15, 0.2) is 0 Å². The molecule has 1 N–H and O–H groups in total. The predicted molar refractivity (Wildman–Crippen MR) is 78.0 cm³/mol. The van der Waals surface area contributed by atoms with Crippen molar-refractivity contribution in [3.05, 3.63) is 35.4 Å². The van der Waals surface area contributed by atoms with E-state index in [1.807, 2.05) is 7.11 Å². The van der Waals surface area contributed by atoms with E-state index < -0.39 is 0 Å². The van der Waals surface area contributed by atoms with Crippen molar-refractivity contribution in [2.75, 3.05) is 13.7 Å². The SMILES string of the molecule is CCNC(Cc1ccccc1C)C(OC)C(C)C. The third-order valence-corrected chi connectivity index (χ3v) is 3.49. The number of hydrogen-bond donors (Lipinski definition) is 1. The van der Waals surface area contributed by atoms with E-state index in [-0.39, 0.29) is 6.10 Å². The van der Waals surface area contributed by atoms with E-state index in [4.69, 9.17) is 4.74 Å². The molecule has 1 aromatic rings. The molecule has 2 unspecified atom stereocenters. The Morgan fingerprint density at radius 3 is 2.39 bits per heavy atom. The molecule has 0 aliphatic carbocycles. The first-order chi connectivity index (χ1) is 8.60. The van der Waals surface area contributed by atoms with E-state index in [0.717, 1.165) is 13.0 Å². The Morgan fingerprint density at radius 1 is 1.22 bits per heavy atom. The lowest BCUT2D eigenvalue weighted by Gasteiger charge is -2.30. The Balaban J connectivity index is 2.82. The smallest absolute Gasteiger partial charge is 0.0750 e. The van der Waals surface area contributed by atoms with Gasteiger partial charge in [-0.15, -0.1) is 0 Å². The maximum absolute atomic E-state index is 5.68. The molecule has 0 spiro atoms. The second-order valence-electron chi connectivity index (χ2n) is 5.24. The molecule has 0 radical (unpaired) electrons. The Kier molecular flexibility index (Phi) is 6.37. The van der Waals surface area contributed by atoms with Gasteiger partial charge in [-0.05, 0) is 36.9 Å². The molecule has 0 heterocycles. The quantitative estimate of drug-likeness (QED) is 0.801. The van der Waals surface area contributed by atoms with E-state index in [0.29, 0.717) is 12.0 Å². The number of ether oxygens (including phenoxy) is 1. The highest BCUT2D eigenvalue weighted by Crippen LogP contribution is 2.17. The van der Waals surface area contributed by atoms with Crippen LogP contribution in [0.3, 0.4) is 0 Å². The molecular weight excluding hydrogens is 222 g/mol. The van der Waals surface area contributed by atoms with Gasteiger partial charge in [0.2, 0.25) is 0 Å². The molecule has 1 aromatic carbocycles. The fraction of sp³-hybridized carbons (Fsp3) is 0.625. The monoisotopic (exact) mass is 249 g/mol. The topological polar surface area (TPSA) is 21.3 Å². The van der Waals surface area contributed by atoms with Gasteiger partial charge >= 0.3 is 0 Å². The normalized spacial score (nSPS) is 14.8. The summed E-state index contributed by atoms with van der Waals surface area (Å²) in [5.41, 5.74) is 2.77. The molecule has 2 atom stereocenters. The van der Waals surface area contributed by atoms with Gasteiger partial charge in [-0.25, -0.2) is 0 Å². The summed E-state index contributed by atoms with van der Waals surface area (Å²) in [4.78, 5) is 0. The molecule has 102 valence electrons. The summed E-state index contributed by atoms with van der Waals surface area (Å²) in [6.45, 7) is 9.74. The van der Waals surface area contributed by atoms with Gasteiger partial charge in [0.1, 0.15) is 0 Å². The lowest BCUT2D eigenvalue weighted by Crippen LogP contribution is -2.45. The van der Waals surface area contributed by atoms with Crippen LogP contribution in [0.4, 0.5) is 0 Å². The summed E-state index contributed by atoms with van der Waals surface area (Å²) in [6, 6.07) is 8.98. The van der Waals surface area contributed by atoms with Crippen molar-refractivity contribution in [2.24, 2.45) is 5.92 Å². The van der Waals surface area contributed by atoms with Gasteiger partial charge in [-0.3, -0.25) is 0 Å². The van der Waals surface area contributed by atoms with E-state index in [2.05, 4.69) is 57.3 Å². The molecule has 0 aliphatic heterocycles. The van der Waals surface area contributed by atoms with E-state index >= 15 is 0 Å². The zero-order chi connectivity index (χ0) is 13.5. The molecule has 2 nitrogen and oxygen atoms in total. The lowest BCUT2D eigenvalue weighted by atomic mass is 9.92. The minimum atomic E-state index is 0.254. The molecule has 18 heavy (non-hydrogen) atoms. The van der Waals surface area contributed by atoms with Crippen LogP contribution < -0.4 is 5.32 Å². The number of aryl methyl sites for hydroxylation is 1. The van der Waals surface area contributed by atoms with Crippen LogP contribution in [0.25, 0.3) is 0 Å². The second kappa shape index (κ2) is 7.55. The molecule has 0 saturated heterocycles. The zero-order valence-corrected chi connectivity index (χ0v) is 12.4. The van der Waals surface area contributed by atoms with Crippen LogP contribution in [-0.4, -0.2) is 25.8 Å². The number of likely N-dealkylation sites (N-methyl/N-ethyl adjacent to an activating group) is 1. The molecule has 1 rings (SSSR count). The van der Waals surface area contributed by atoms with Gasteiger partial charge in [-0.1, -0.05) is 45.0 Å². The van der Waals surface area contributed by atoms with Gasteiger partial charge in [0.25, 0.3) is 0 Å². The van der Waals surface area contributed by atoms with Crippen molar-refractivity contribution in [1.82, 2.24) is 5.32 Å². The number of methoxy groups -OCH3 is 1. The molecule has 0 aliphatic rings. The lowest BCUT2D eigenvalue weighted by molar-refractivity contribution is 0.0336. The van der Waals surface area contributed by atoms with E-state index in [1.54, 1.807) is 0 Å². The van der Waals surface area contributed by atoms with Crippen LogP contribution in [-0.2, 0) is 11.2 Å². The fourth-order valence-corrected chi connectivity index (χ4v) is 2.54. The van der Waals surface area contributed by atoms with Crippen molar-refractivity contribution < 1.29 is 4.74 Å². The summed E-state index contributed by atoms with van der Waals surface area (Å²) in [5, 5.41) is 3.57. The van der Waals surface area contributed by atoms with Crippen molar-refractivity contribution >= 4 is 0 Å². The molecule has 0 amide bonds. The first-order valence-corrected chi connectivity index (χ1v) is 6.90. The van der Waals surface area contributed by atoms with Crippen LogP contribution in [0.5, 0.6) is 0 Å². The van der Waals surface area contributed by atoms with E-state index in [1.165, 1.54) is 11.1 Å². The Hall–Kier alpha value is -0.860. The van der Waals surface area contributed by atoms with Crippen molar-refractivity contribution in [3.8, 4) is 0 Å². The highest BCUT2D eigenvalue weighted by atomic mass is 16.5. The highest BCUT2D eigenvalue weighted by Gasteiger charge is 2.24. The largest absolute Gasteiger partial charge is 0.380 e. The van der Waals surface area contributed by atoms with Gasteiger partial charge in [0, 0.05) is 13.2 Å². The van der Waals surface area contributed by atoms with Crippen LogP contribution >= 0.6 is 0 Å². The average Bonchev–Trinajstić information content (AvgIpc) is 2.32. The minimum absolute atomic E-state index is 0.254.